The fraction of sp³-hybridized carbons (Fsp3) is 0.304. The van der Waals surface area contributed by atoms with Gasteiger partial charge in [0.25, 0.3) is 0 Å². The van der Waals surface area contributed by atoms with E-state index in [0.29, 0.717) is 13.1 Å². The first-order valence-corrected chi connectivity index (χ1v) is 9.38. The fourth-order valence-electron chi connectivity index (χ4n) is 2.99. The summed E-state index contributed by atoms with van der Waals surface area (Å²) >= 11 is 0. The average molecular weight is 380 g/mol. The van der Waals surface area contributed by atoms with E-state index in [1.165, 1.54) is 13.2 Å². The fourth-order valence-corrected chi connectivity index (χ4v) is 2.99. The molecule has 0 aliphatic heterocycles. The molecule has 148 valence electrons. The minimum atomic E-state index is -0.453. The second-order valence-electron chi connectivity index (χ2n) is 6.89. The number of methoxy groups -OCH3 is 1. The van der Waals surface area contributed by atoms with Crippen molar-refractivity contribution in [1.29, 1.82) is 0 Å². The van der Waals surface area contributed by atoms with Crippen LogP contribution in [-0.4, -0.2) is 29.9 Å². The molecule has 0 saturated heterocycles. The van der Waals surface area contributed by atoms with Crippen LogP contribution in [0.15, 0.2) is 72.9 Å². The highest BCUT2D eigenvalue weighted by Gasteiger charge is 2.27. The van der Waals surface area contributed by atoms with E-state index >= 15 is 0 Å². The van der Waals surface area contributed by atoms with Crippen molar-refractivity contribution < 1.29 is 14.3 Å². The van der Waals surface area contributed by atoms with Crippen molar-refractivity contribution in [1.82, 2.24) is 10.2 Å². The van der Waals surface area contributed by atoms with Gasteiger partial charge < -0.3 is 15.0 Å². The maximum atomic E-state index is 13.0. The third-order valence-corrected chi connectivity index (χ3v) is 4.38. The van der Waals surface area contributed by atoms with Gasteiger partial charge in [-0.3, -0.25) is 4.79 Å². The number of hydrogen-bond donors (Lipinski definition) is 1. The molecule has 2 aromatic carbocycles. The minimum absolute atomic E-state index is 0.0433. The highest BCUT2D eigenvalue weighted by molar-refractivity contribution is 5.83. The lowest BCUT2D eigenvalue weighted by atomic mass is 10.0. The number of amides is 1. The quantitative estimate of drug-likeness (QED) is 0.534. The molecule has 0 radical (unpaired) electrons. The Hall–Kier alpha value is -3.08. The zero-order chi connectivity index (χ0) is 20.4. The molecule has 1 amide bonds. The second kappa shape index (κ2) is 10.9. The van der Waals surface area contributed by atoms with Crippen molar-refractivity contribution in [3.8, 4) is 0 Å². The van der Waals surface area contributed by atoms with Gasteiger partial charge in [0.1, 0.15) is 6.04 Å². The Morgan fingerprint density at radius 2 is 1.57 bits per heavy atom. The van der Waals surface area contributed by atoms with Crippen LogP contribution < -0.4 is 5.32 Å². The second-order valence-corrected chi connectivity index (χ2v) is 6.89. The van der Waals surface area contributed by atoms with E-state index in [0.717, 1.165) is 11.1 Å². The molecular weight excluding hydrogens is 352 g/mol. The lowest BCUT2D eigenvalue weighted by molar-refractivity contribution is -0.135. The zero-order valence-electron chi connectivity index (χ0n) is 16.7. The van der Waals surface area contributed by atoms with E-state index in [4.69, 9.17) is 4.74 Å². The molecule has 2 aromatic rings. The Kier molecular flexibility index (Phi) is 8.28. The monoisotopic (exact) mass is 380 g/mol. The molecule has 0 heterocycles. The summed E-state index contributed by atoms with van der Waals surface area (Å²) < 4.78 is 4.70. The van der Waals surface area contributed by atoms with E-state index in [2.05, 4.69) is 5.32 Å². The number of hydrogen-bond acceptors (Lipinski definition) is 4. The summed E-state index contributed by atoms with van der Waals surface area (Å²) in [5.74, 6) is -0.489. The van der Waals surface area contributed by atoms with Crippen LogP contribution in [0, 0.1) is 5.92 Å². The molecule has 5 nitrogen and oxygen atoms in total. The predicted octanol–water partition coefficient (Wildman–Crippen LogP) is 3.52. The van der Waals surface area contributed by atoms with Gasteiger partial charge in [0, 0.05) is 25.4 Å². The molecular formula is C23H28N2O3. The first kappa shape index (κ1) is 21.2. The number of carbonyl (C=O) groups is 2. The van der Waals surface area contributed by atoms with Gasteiger partial charge in [-0.1, -0.05) is 74.5 Å². The molecule has 28 heavy (non-hydrogen) atoms. The standard InChI is InChI=1S/C23H28N2O3/c1-18(2)22(23(27)24-16-19-10-6-4-7-11-19)25(15-14-21(26)28-3)17-20-12-8-5-9-13-20/h4-15,18,22H,16-17H2,1-3H3,(H,24,27)/b15-14+/t22-/m0/s1. The molecule has 1 N–H and O–H groups in total. The third-order valence-electron chi connectivity index (χ3n) is 4.38. The summed E-state index contributed by atoms with van der Waals surface area (Å²) in [6, 6.07) is 19.2. The smallest absolute Gasteiger partial charge is 0.331 e. The number of ether oxygens (including phenoxy) is 1. The highest BCUT2D eigenvalue weighted by Crippen LogP contribution is 2.16. The molecule has 0 fully saturated rings. The van der Waals surface area contributed by atoms with E-state index in [9.17, 15) is 9.59 Å². The molecule has 0 aliphatic rings. The Morgan fingerprint density at radius 1 is 1.00 bits per heavy atom. The normalized spacial score (nSPS) is 12.0. The van der Waals surface area contributed by atoms with Gasteiger partial charge in [0.05, 0.1) is 7.11 Å². The van der Waals surface area contributed by atoms with Crippen LogP contribution in [0.25, 0.3) is 0 Å². The van der Waals surface area contributed by atoms with E-state index in [-0.39, 0.29) is 11.8 Å². The maximum absolute atomic E-state index is 13.0. The molecule has 0 spiro atoms. The number of carbonyl (C=O) groups excluding carboxylic acids is 2. The van der Waals surface area contributed by atoms with Gasteiger partial charge in [0.2, 0.25) is 5.91 Å². The molecule has 5 heteroatoms. The lowest BCUT2D eigenvalue weighted by Gasteiger charge is -2.32. The van der Waals surface area contributed by atoms with Crippen molar-refractivity contribution in [3.63, 3.8) is 0 Å². The summed E-state index contributed by atoms with van der Waals surface area (Å²) in [4.78, 5) is 26.5. The van der Waals surface area contributed by atoms with Gasteiger partial charge in [-0.25, -0.2) is 4.79 Å². The predicted molar refractivity (Wildman–Crippen MR) is 110 cm³/mol. The topological polar surface area (TPSA) is 58.6 Å². The van der Waals surface area contributed by atoms with Gasteiger partial charge >= 0.3 is 5.97 Å². The minimum Gasteiger partial charge on any atom is -0.466 e. The van der Waals surface area contributed by atoms with Crippen LogP contribution >= 0.6 is 0 Å². The van der Waals surface area contributed by atoms with Gasteiger partial charge in [0.15, 0.2) is 0 Å². The largest absolute Gasteiger partial charge is 0.466 e. The van der Waals surface area contributed by atoms with E-state index in [1.54, 1.807) is 6.20 Å². The number of nitrogens with zero attached hydrogens (tertiary/aromatic N) is 1. The van der Waals surface area contributed by atoms with Gasteiger partial charge in [-0.15, -0.1) is 0 Å². The van der Waals surface area contributed by atoms with Crippen LogP contribution in [0.2, 0.25) is 0 Å². The molecule has 1 atom stereocenters. The summed E-state index contributed by atoms with van der Waals surface area (Å²) in [6.45, 7) is 4.96. The molecule has 0 saturated carbocycles. The zero-order valence-corrected chi connectivity index (χ0v) is 16.7. The molecule has 0 aromatic heterocycles. The number of nitrogens with one attached hydrogen (secondary N) is 1. The Balaban J connectivity index is 2.19. The van der Waals surface area contributed by atoms with Crippen molar-refractivity contribution >= 4 is 11.9 Å². The Morgan fingerprint density at radius 3 is 2.11 bits per heavy atom. The van der Waals surface area contributed by atoms with Gasteiger partial charge in [-0.2, -0.15) is 0 Å². The Labute approximate surface area is 167 Å². The SMILES string of the molecule is COC(=O)/C=C/N(Cc1ccccc1)[C@H](C(=O)NCc1ccccc1)C(C)C. The maximum Gasteiger partial charge on any atom is 0.331 e. The highest BCUT2D eigenvalue weighted by atomic mass is 16.5. The van der Waals surface area contributed by atoms with Gasteiger partial charge in [-0.05, 0) is 17.0 Å². The first-order chi connectivity index (χ1) is 13.5. The number of esters is 1. The van der Waals surface area contributed by atoms with E-state index < -0.39 is 12.0 Å². The van der Waals surface area contributed by atoms with Crippen molar-refractivity contribution in [2.75, 3.05) is 7.11 Å². The summed E-state index contributed by atoms with van der Waals surface area (Å²) in [7, 11) is 1.33. The molecule has 0 unspecified atom stereocenters. The lowest BCUT2D eigenvalue weighted by Crippen LogP contribution is -2.47. The van der Waals surface area contributed by atoms with Crippen LogP contribution in [-0.2, 0) is 27.4 Å². The average Bonchev–Trinajstić information content (AvgIpc) is 2.71. The molecule has 0 bridgehead atoms. The van der Waals surface area contributed by atoms with Crippen LogP contribution in [0.4, 0.5) is 0 Å². The summed E-state index contributed by atoms with van der Waals surface area (Å²) in [5, 5.41) is 3.02. The van der Waals surface area contributed by atoms with Crippen molar-refractivity contribution in [2.45, 2.75) is 33.0 Å². The summed E-state index contributed by atoms with van der Waals surface area (Å²) in [5.41, 5.74) is 2.09. The molecule has 2 rings (SSSR count). The third kappa shape index (κ3) is 6.58. The number of benzene rings is 2. The van der Waals surface area contributed by atoms with Crippen LogP contribution in [0.5, 0.6) is 0 Å². The van der Waals surface area contributed by atoms with Crippen molar-refractivity contribution in [2.24, 2.45) is 5.92 Å². The van der Waals surface area contributed by atoms with Crippen LogP contribution in [0.3, 0.4) is 0 Å². The Bertz CT molecular complexity index is 773. The molecule has 0 aliphatic carbocycles. The van der Waals surface area contributed by atoms with E-state index in [1.807, 2.05) is 79.4 Å². The van der Waals surface area contributed by atoms with Crippen LogP contribution in [0.1, 0.15) is 25.0 Å². The number of rotatable bonds is 9. The summed E-state index contributed by atoms with van der Waals surface area (Å²) in [6.07, 6.45) is 2.99. The van der Waals surface area contributed by atoms with Crippen molar-refractivity contribution in [3.05, 3.63) is 84.1 Å². The first-order valence-electron chi connectivity index (χ1n) is 9.38.